The lowest BCUT2D eigenvalue weighted by Gasteiger charge is -2.12. The Morgan fingerprint density at radius 3 is 2.26 bits per heavy atom. The van der Waals surface area contributed by atoms with Gasteiger partial charge in [0.15, 0.2) is 11.5 Å². The lowest BCUT2D eigenvalue weighted by atomic mass is 10.2. The zero-order chi connectivity index (χ0) is 16.7. The highest BCUT2D eigenvalue weighted by Crippen LogP contribution is 2.36. The molecule has 0 bridgehead atoms. The normalized spacial score (nSPS) is 10.4. The standard InChI is InChI=1S/C18H22BrNO3/c1-4-23-15-7-5-13(6-8-15)11-20-12-14-9-16(19)18(22-3)17(10-14)21-2/h5-10,20H,4,11-12H2,1-3H3. The molecule has 23 heavy (non-hydrogen) atoms. The predicted octanol–water partition coefficient (Wildman–Crippen LogP) is 4.15. The Labute approximate surface area is 145 Å². The monoisotopic (exact) mass is 379 g/mol. The van der Waals surface area contributed by atoms with Gasteiger partial charge in [-0.1, -0.05) is 12.1 Å². The molecule has 124 valence electrons. The number of nitrogens with one attached hydrogen (secondary N) is 1. The Morgan fingerprint density at radius 1 is 0.957 bits per heavy atom. The van der Waals surface area contributed by atoms with Crippen LogP contribution in [0, 0.1) is 0 Å². The fourth-order valence-corrected chi connectivity index (χ4v) is 2.95. The summed E-state index contributed by atoms with van der Waals surface area (Å²) < 4.78 is 17.0. The number of hydrogen-bond donors (Lipinski definition) is 1. The third kappa shape index (κ3) is 4.88. The van der Waals surface area contributed by atoms with Gasteiger partial charge in [0.1, 0.15) is 5.75 Å². The molecule has 0 radical (unpaired) electrons. The second-order valence-electron chi connectivity index (χ2n) is 4.99. The van der Waals surface area contributed by atoms with Gasteiger partial charge in [0.25, 0.3) is 0 Å². The van der Waals surface area contributed by atoms with Gasteiger partial charge >= 0.3 is 0 Å². The van der Waals surface area contributed by atoms with Crippen LogP contribution in [0.5, 0.6) is 17.2 Å². The molecule has 0 aliphatic heterocycles. The first-order valence-corrected chi connectivity index (χ1v) is 8.30. The van der Waals surface area contributed by atoms with E-state index in [4.69, 9.17) is 14.2 Å². The molecular formula is C18H22BrNO3. The van der Waals surface area contributed by atoms with E-state index in [1.807, 2.05) is 31.2 Å². The third-order valence-electron chi connectivity index (χ3n) is 3.39. The number of hydrogen-bond acceptors (Lipinski definition) is 4. The molecule has 0 aliphatic carbocycles. The maximum absolute atomic E-state index is 5.44. The van der Waals surface area contributed by atoms with Crippen LogP contribution in [-0.4, -0.2) is 20.8 Å². The third-order valence-corrected chi connectivity index (χ3v) is 3.97. The lowest BCUT2D eigenvalue weighted by molar-refractivity contribution is 0.340. The van der Waals surface area contributed by atoms with Gasteiger partial charge in [-0.05, 0) is 58.2 Å². The van der Waals surface area contributed by atoms with Gasteiger partial charge in [-0.15, -0.1) is 0 Å². The van der Waals surface area contributed by atoms with Crippen molar-refractivity contribution in [2.75, 3.05) is 20.8 Å². The predicted molar refractivity (Wildman–Crippen MR) is 95.4 cm³/mol. The Balaban J connectivity index is 1.94. The van der Waals surface area contributed by atoms with Crippen LogP contribution >= 0.6 is 15.9 Å². The number of methoxy groups -OCH3 is 2. The highest BCUT2D eigenvalue weighted by Gasteiger charge is 2.10. The quantitative estimate of drug-likeness (QED) is 0.747. The van der Waals surface area contributed by atoms with Crippen LogP contribution in [-0.2, 0) is 13.1 Å². The van der Waals surface area contributed by atoms with E-state index in [1.54, 1.807) is 14.2 Å². The second kappa shape index (κ2) is 8.79. The Bertz CT molecular complexity index is 629. The molecule has 2 aromatic carbocycles. The second-order valence-corrected chi connectivity index (χ2v) is 5.85. The first-order chi connectivity index (χ1) is 11.2. The summed E-state index contributed by atoms with van der Waals surface area (Å²) in [6.07, 6.45) is 0. The van der Waals surface area contributed by atoms with E-state index in [-0.39, 0.29) is 0 Å². The van der Waals surface area contributed by atoms with Crippen LogP contribution in [0.15, 0.2) is 40.9 Å². The van der Waals surface area contributed by atoms with Crippen LogP contribution in [0.3, 0.4) is 0 Å². The van der Waals surface area contributed by atoms with E-state index in [2.05, 4.69) is 33.4 Å². The summed E-state index contributed by atoms with van der Waals surface area (Å²) in [6.45, 7) is 4.20. The van der Waals surface area contributed by atoms with Crippen molar-refractivity contribution >= 4 is 15.9 Å². The number of halogens is 1. The summed E-state index contributed by atoms with van der Waals surface area (Å²) in [5, 5.41) is 3.43. The Kier molecular flexibility index (Phi) is 6.74. The molecule has 2 rings (SSSR count). The minimum absolute atomic E-state index is 0.686. The van der Waals surface area contributed by atoms with Crippen LogP contribution in [0.1, 0.15) is 18.1 Å². The van der Waals surface area contributed by atoms with Crippen molar-refractivity contribution in [3.8, 4) is 17.2 Å². The molecule has 0 unspecified atom stereocenters. The Morgan fingerprint density at radius 2 is 1.65 bits per heavy atom. The average molecular weight is 380 g/mol. The van der Waals surface area contributed by atoms with Crippen molar-refractivity contribution < 1.29 is 14.2 Å². The first kappa shape index (κ1) is 17.6. The minimum atomic E-state index is 0.686. The maximum Gasteiger partial charge on any atom is 0.174 e. The molecule has 0 fully saturated rings. The van der Waals surface area contributed by atoms with Gasteiger partial charge in [0.2, 0.25) is 0 Å². The van der Waals surface area contributed by atoms with Gasteiger partial charge in [0.05, 0.1) is 25.3 Å². The first-order valence-electron chi connectivity index (χ1n) is 7.50. The van der Waals surface area contributed by atoms with E-state index in [0.29, 0.717) is 12.4 Å². The molecule has 0 saturated carbocycles. The fourth-order valence-electron chi connectivity index (χ4n) is 2.29. The van der Waals surface area contributed by atoms with E-state index < -0.39 is 0 Å². The summed E-state index contributed by atoms with van der Waals surface area (Å²) >= 11 is 3.51. The lowest BCUT2D eigenvalue weighted by Crippen LogP contribution is -2.12. The number of benzene rings is 2. The van der Waals surface area contributed by atoms with Gasteiger partial charge in [-0.2, -0.15) is 0 Å². The van der Waals surface area contributed by atoms with E-state index in [0.717, 1.165) is 34.6 Å². The largest absolute Gasteiger partial charge is 0.494 e. The number of rotatable bonds is 8. The molecule has 0 amide bonds. The summed E-state index contributed by atoms with van der Waals surface area (Å²) in [4.78, 5) is 0. The van der Waals surface area contributed by atoms with Gasteiger partial charge < -0.3 is 19.5 Å². The molecule has 0 heterocycles. The van der Waals surface area contributed by atoms with Crippen molar-refractivity contribution in [1.29, 1.82) is 0 Å². The van der Waals surface area contributed by atoms with Gasteiger partial charge in [0, 0.05) is 13.1 Å². The molecule has 0 aromatic heterocycles. The van der Waals surface area contributed by atoms with Crippen LogP contribution in [0.25, 0.3) is 0 Å². The van der Waals surface area contributed by atoms with Crippen molar-refractivity contribution in [3.63, 3.8) is 0 Å². The van der Waals surface area contributed by atoms with Gasteiger partial charge in [-0.25, -0.2) is 0 Å². The smallest absolute Gasteiger partial charge is 0.174 e. The molecule has 4 nitrogen and oxygen atoms in total. The zero-order valence-electron chi connectivity index (χ0n) is 13.7. The van der Waals surface area contributed by atoms with Crippen LogP contribution < -0.4 is 19.5 Å². The minimum Gasteiger partial charge on any atom is -0.494 e. The molecular weight excluding hydrogens is 358 g/mol. The van der Waals surface area contributed by atoms with Crippen molar-refractivity contribution in [1.82, 2.24) is 5.32 Å². The Hall–Kier alpha value is -1.72. The molecule has 0 atom stereocenters. The van der Waals surface area contributed by atoms with E-state index >= 15 is 0 Å². The molecule has 1 N–H and O–H groups in total. The summed E-state index contributed by atoms with van der Waals surface area (Å²) in [5.41, 5.74) is 2.34. The molecule has 0 saturated heterocycles. The van der Waals surface area contributed by atoms with E-state index in [1.165, 1.54) is 5.56 Å². The number of ether oxygens (including phenoxy) is 3. The van der Waals surface area contributed by atoms with Gasteiger partial charge in [-0.3, -0.25) is 0 Å². The topological polar surface area (TPSA) is 39.7 Å². The van der Waals surface area contributed by atoms with E-state index in [9.17, 15) is 0 Å². The molecule has 5 heteroatoms. The summed E-state index contributed by atoms with van der Waals surface area (Å²) in [6, 6.07) is 12.1. The maximum atomic E-state index is 5.44. The molecule has 2 aromatic rings. The summed E-state index contributed by atoms with van der Waals surface area (Å²) in [7, 11) is 3.27. The summed E-state index contributed by atoms with van der Waals surface area (Å²) in [5.74, 6) is 2.34. The molecule has 0 spiro atoms. The SMILES string of the molecule is CCOc1ccc(CNCc2cc(Br)c(OC)c(OC)c2)cc1. The van der Waals surface area contributed by atoms with Crippen molar-refractivity contribution in [2.45, 2.75) is 20.0 Å². The highest BCUT2D eigenvalue weighted by atomic mass is 79.9. The zero-order valence-corrected chi connectivity index (χ0v) is 15.3. The fraction of sp³-hybridized carbons (Fsp3) is 0.333. The molecule has 0 aliphatic rings. The van der Waals surface area contributed by atoms with Crippen molar-refractivity contribution in [3.05, 3.63) is 52.0 Å². The highest BCUT2D eigenvalue weighted by molar-refractivity contribution is 9.10. The van der Waals surface area contributed by atoms with Crippen LogP contribution in [0.4, 0.5) is 0 Å². The average Bonchev–Trinajstić information content (AvgIpc) is 2.56. The van der Waals surface area contributed by atoms with Crippen molar-refractivity contribution in [2.24, 2.45) is 0 Å². The van der Waals surface area contributed by atoms with Crippen LogP contribution in [0.2, 0.25) is 0 Å².